The highest BCUT2D eigenvalue weighted by Gasteiger charge is 2.44. The molecule has 0 N–H and O–H groups in total. The molecule has 12 heteroatoms. The Hall–Kier alpha value is -1.97. The van der Waals surface area contributed by atoms with Crippen molar-refractivity contribution in [3.8, 4) is 6.07 Å². The molecule has 178 valence electrons. The predicted octanol–water partition coefficient (Wildman–Crippen LogP) is 1.95. The Morgan fingerprint density at radius 2 is 1.73 bits per heavy atom. The first-order valence-corrected chi connectivity index (χ1v) is 14.2. The minimum Gasteiger partial charge on any atom is -0.295 e. The molecule has 2 saturated heterocycles. The van der Waals surface area contributed by atoms with Crippen LogP contribution in [0, 0.1) is 18.3 Å². The fourth-order valence-corrected chi connectivity index (χ4v) is 8.35. The number of nitrogens with zero attached hydrogens (tertiary/aromatic N) is 5. The summed E-state index contributed by atoms with van der Waals surface area (Å²) in [4.78, 5) is 2.52. The Kier molecular flexibility index (Phi) is 6.59. The molecule has 1 aromatic carbocycles. The Labute approximate surface area is 199 Å². The number of halogens is 1. The number of hydrogen-bond donors (Lipinski definition) is 0. The second-order valence-electron chi connectivity index (χ2n) is 8.58. The van der Waals surface area contributed by atoms with Crippen LogP contribution in [-0.2, 0) is 26.9 Å². The van der Waals surface area contributed by atoms with Gasteiger partial charge in [-0.25, -0.2) is 16.8 Å². The molecule has 2 fully saturated rings. The lowest BCUT2D eigenvalue weighted by Gasteiger charge is -2.40. The van der Waals surface area contributed by atoms with E-state index in [1.165, 1.54) is 33.3 Å². The van der Waals surface area contributed by atoms with Crippen molar-refractivity contribution < 1.29 is 16.8 Å². The van der Waals surface area contributed by atoms with Gasteiger partial charge in [0, 0.05) is 32.2 Å². The summed E-state index contributed by atoms with van der Waals surface area (Å²) in [7, 11) is -5.60. The SMILES string of the molecule is Cc1nn(C)c(Cl)c1S(=O)(=O)N1CC2CCC(C1)N2CCCS(=O)(=O)c1ccc(C#N)cc1. The highest BCUT2D eigenvalue weighted by molar-refractivity contribution is 7.91. The van der Waals surface area contributed by atoms with Gasteiger partial charge < -0.3 is 0 Å². The summed E-state index contributed by atoms with van der Waals surface area (Å²) in [5.41, 5.74) is 0.798. The van der Waals surface area contributed by atoms with Crippen molar-refractivity contribution in [3.05, 3.63) is 40.7 Å². The lowest BCUT2D eigenvalue weighted by atomic mass is 10.2. The largest absolute Gasteiger partial charge is 0.295 e. The molecule has 9 nitrogen and oxygen atoms in total. The average Bonchev–Trinajstić information content (AvgIpc) is 3.16. The molecule has 3 heterocycles. The number of nitriles is 1. The molecule has 2 aliphatic rings. The van der Waals surface area contributed by atoms with Gasteiger partial charge in [0.15, 0.2) is 9.84 Å². The van der Waals surface area contributed by atoms with E-state index in [4.69, 9.17) is 16.9 Å². The zero-order valence-electron chi connectivity index (χ0n) is 18.5. The van der Waals surface area contributed by atoms with Crippen LogP contribution < -0.4 is 0 Å². The molecule has 2 aliphatic heterocycles. The molecule has 1 aromatic heterocycles. The zero-order chi connectivity index (χ0) is 24.0. The Morgan fingerprint density at radius 3 is 2.24 bits per heavy atom. The summed E-state index contributed by atoms with van der Waals surface area (Å²) in [5.74, 6) is 0.00133. The van der Waals surface area contributed by atoms with Gasteiger partial charge in [0.1, 0.15) is 10.0 Å². The molecule has 0 spiro atoms. The summed E-state index contributed by atoms with van der Waals surface area (Å²) in [6, 6.07) is 8.01. The van der Waals surface area contributed by atoms with Crippen molar-refractivity contribution >= 4 is 31.5 Å². The van der Waals surface area contributed by atoms with Gasteiger partial charge in [-0.15, -0.1) is 0 Å². The van der Waals surface area contributed by atoms with Gasteiger partial charge >= 0.3 is 0 Å². The van der Waals surface area contributed by atoms with Crippen LogP contribution in [0.15, 0.2) is 34.1 Å². The Balaban J connectivity index is 1.40. The molecule has 2 unspecified atom stereocenters. The highest BCUT2D eigenvalue weighted by Crippen LogP contribution is 2.35. The lowest BCUT2D eigenvalue weighted by molar-refractivity contribution is 0.110. The first-order valence-electron chi connectivity index (χ1n) is 10.7. The predicted molar refractivity (Wildman–Crippen MR) is 123 cm³/mol. The van der Waals surface area contributed by atoms with E-state index in [9.17, 15) is 16.8 Å². The zero-order valence-corrected chi connectivity index (χ0v) is 20.9. The van der Waals surface area contributed by atoms with Crippen molar-refractivity contribution in [1.82, 2.24) is 19.0 Å². The van der Waals surface area contributed by atoms with Gasteiger partial charge in [0.25, 0.3) is 0 Å². The summed E-state index contributed by atoms with van der Waals surface area (Å²) in [6.07, 6.45) is 2.20. The van der Waals surface area contributed by atoms with E-state index in [0.29, 0.717) is 37.3 Å². The van der Waals surface area contributed by atoms with Gasteiger partial charge in [0.2, 0.25) is 10.0 Å². The number of aryl methyl sites for hydroxylation is 2. The minimum absolute atomic E-state index is 0.00133. The summed E-state index contributed by atoms with van der Waals surface area (Å²) in [5, 5.41) is 13.1. The Bertz CT molecular complexity index is 1290. The number of sulfonamides is 1. The van der Waals surface area contributed by atoms with E-state index >= 15 is 0 Å². The highest BCUT2D eigenvalue weighted by atomic mass is 35.5. The van der Waals surface area contributed by atoms with Gasteiger partial charge in [-0.1, -0.05) is 11.6 Å². The van der Waals surface area contributed by atoms with Crippen LogP contribution in [0.5, 0.6) is 0 Å². The number of benzene rings is 1. The van der Waals surface area contributed by atoms with Crippen molar-refractivity contribution in [2.24, 2.45) is 7.05 Å². The third kappa shape index (κ3) is 4.55. The number of piperazine rings is 1. The smallest absolute Gasteiger partial charge is 0.248 e. The van der Waals surface area contributed by atoms with Crippen LogP contribution in [0.2, 0.25) is 5.15 Å². The fraction of sp³-hybridized carbons (Fsp3) is 0.524. The third-order valence-electron chi connectivity index (χ3n) is 6.47. The van der Waals surface area contributed by atoms with E-state index in [2.05, 4.69) is 10.00 Å². The number of rotatable bonds is 7. The van der Waals surface area contributed by atoms with Crippen LogP contribution in [0.25, 0.3) is 0 Å². The quantitative estimate of drug-likeness (QED) is 0.557. The number of fused-ring (bicyclic) bond motifs is 2. The fourth-order valence-electron chi connectivity index (χ4n) is 4.84. The molecule has 4 rings (SSSR count). The second-order valence-corrected chi connectivity index (χ2v) is 12.9. The van der Waals surface area contributed by atoms with E-state index in [0.717, 1.165) is 12.8 Å². The van der Waals surface area contributed by atoms with E-state index in [1.54, 1.807) is 14.0 Å². The monoisotopic (exact) mass is 511 g/mol. The third-order valence-corrected chi connectivity index (χ3v) is 10.8. The van der Waals surface area contributed by atoms with E-state index < -0.39 is 19.9 Å². The van der Waals surface area contributed by atoms with E-state index in [1.807, 2.05) is 6.07 Å². The van der Waals surface area contributed by atoms with Gasteiger partial charge in [0.05, 0.1) is 28.0 Å². The number of hydrogen-bond acceptors (Lipinski definition) is 7. The molecule has 2 aromatic rings. The van der Waals surface area contributed by atoms with Crippen molar-refractivity contribution in [3.63, 3.8) is 0 Å². The van der Waals surface area contributed by atoms with Crippen LogP contribution in [0.4, 0.5) is 0 Å². The van der Waals surface area contributed by atoms with Crippen molar-refractivity contribution in [1.29, 1.82) is 5.26 Å². The van der Waals surface area contributed by atoms with Crippen LogP contribution in [0.3, 0.4) is 0 Å². The van der Waals surface area contributed by atoms with Crippen LogP contribution in [0.1, 0.15) is 30.5 Å². The average molecular weight is 512 g/mol. The molecule has 0 saturated carbocycles. The van der Waals surface area contributed by atoms with Crippen LogP contribution in [-0.4, -0.2) is 73.3 Å². The molecular weight excluding hydrogens is 486 g/mol. The molecule has 0 radical (unpaired) electrons. The standard InChI is InChI=1S/C21H26ClN5O4S2/c1-15-20(21(22)25(2)24-15)33(30,31)26-13-17-6-7-18(14-26)27(17)10-3-11-32(28,29)19-8-4-16(12-23)5-9-19/h4-5,8-9,17-18H,3,6-7,10-11,13-14H2,1-2H3. The van der Waals surface area contributed by atoms with Gasteiger partial charge in [-0.3, -0.25) is 9.58 Å². The normalized spacial score (nSPS) is 21.9. The molecule has 2 bridgehead atoms. The first-order chi connectivity index (χ1) is 15.5. The lowest BCUT2D eigenvalue weighted by Crippen LogP contribution is -2.55. The molecule has 2 atom stereocenters. The maximum atomic E-state index is 13.3. The number of sulfone groups is 1. The molecule has 33 heavy (non-hydrogen) atoms. The maximum absolute atomic E-state index is 13.3. The molecular formula is C21H26ClN5O4S2. The van der Waals surface area contributed by atoms with Gasteiger partial charge in [-0.05, 0) is 57.0 Å². The topological polar surface area (TPSA) is 116 Å². The van der Waals surface area contributed by atoms with Gasteiger partial charge in [-0.2, -0.15) is 14.7 Å². The van der Waals surface area contributed by atoms with E-state index in [-0.39, 0.29) is 32.8 Å². The minimum atomic E-state index is -3.76. The van der Waals surface area contributed by atoms with Crippen molar-refractivity contribution in [2.75, 3.05) is 25.4 Å². The van der Waals surface area contributed by atoms with Crippen LogP contribution >= 0.6 is 11.6 Å². The number of aromatic nitrogens is 2. The van der Waals surface area contributed by atoms with Crippen molar-refractivity contribution in [2.45, 2.75) is 48.1 Å². The molecule has 0 amide bonds. The maximum Gasteiger partial charge on any atom is 0.248 e. The summed E-state index contributed by atoms with van der Waals surface area (Å²) in [6.45, 7) is 2.93. The molecule has 0 aliphatic carbocycles. The second kappa shape index (κ2) is 9.00. The summed E-state index contributed by atoms with van der Waals surface area (Å²) < 4.78 is 54.7. The Morgan fingerprint density at radius 1 is 1.12 bits per heavy atom. The summed E-state index contributed by atoms with van der Waals surface area (Å²) >= 11 is 6.23. The first kappa shape index (κ1) is 24.2.